The number of nitrogens with zero attached hydrogens (tertiary/aromatic N) is 2. The summed E-state index contributed by atoms with van der Waals surface area (Å²) >= 11 is 0. The number of likely N-dealkylation sites (tertiary alicyclic amines) is 1. The number of ether oxygens (including phenoxy) is 2. The summed E-state index contributed by atoms with van der Waals surface area (Å²) in [6.45, 7) is 4.53. The molecule has 3 aliphatic rings. The van der Waals surface area contributed by atoms with Crippen LogP contribution in [0.2, 0.25) is 0 Å². The van der Waals surface area contributed by atoms with Crippen molar-refractivity contribution in [3.8, 4) is 11.5 Å². The van der Waals surface area contributed by atoms with Gasteiger partial charge in [-0.15, -0.1) is 0 Å². The molecular weight excluding hydrogens is 454 g/mol. The Bertz CT molecular complexity index is 1110. The minimum absolute atomic E-state index is 0.0127. The van der Waals surface area contributed by atoms with E-state index in [2.05, 4.69) is 10.2 Å². The summed E-state index contributed by atoms with van der Waals surface area (Å²) < 4.78 is 11.1. The number of hydrogen-bond donors (Lipinski definition) is 1. The van der Waals surface area contributed by atoms with Crippen molar-refractivity contribution < 1.29 is 19.1 Å². The quantitative estimate of drug-likeness (QED) is 0.595. The summed E-state index contributed by atoms with van der Waals surface area (Å²) in [4.78, 5) is 31.7. The number of benzene rings is 2. The highest BCUT2D eigenvalue weighted by atomic mass is 16.5. The van der Waals surface area contributed by atoms with Crippen LogP contribution in [0, 0.1) is 0 Å². The smallest absolute Gasteiger partial charge is 0.254 e. The summed E-state index contributed by atoms with van der Waals surface area (Å²) in [7, 11) is 3.24. The van der Waals surface area contributed by atoms with Gasteiger partial charge in [-0.3, -0.25) is 9.59 Å². The maximum Gasteiger partial charge on any atom is 0.254 e. The van der Waals surface area contributed by atoms with Crippen LogP contribution in [0.5, 0.6) is 11.5 Å². The van der Waals surface area contributed by atoms with Gasteiger partial charge in [0, 0.05) is 18.7 Å². The highest BCUT2D eigenvalue weighted by Gasteiger charge is 2.46. The summed E-state index contributed by atoms with van der Waals surface area (Å²) in [6.07, 6.45) is 6.82. The zero-order valence-corrected chi connectivity index (χ0v) is 21.4. The van der Waals surface area contributed by atoms with E-state index >= 15 is 0 Å². The molecule has 7 nitrogen and oxygen atoms in total. The van der Waals surface area contributed by atoms with Gasteiger partial charge < -0.3 is 24.6 Å². The molecule has 0 radical (unpaired) electrons. The second-order valence-corrected chi connectivity index (χ2v) is 10.1. The van der Waals surface area contributed by atoms with Crippen molar-refractivity contribution in [1.82, 2.24) is 15.1 Å². The molecule has 0 aromatic heterocycles. The van der Waals surface area contributed by atoms with Crippen LogP contribution in [-0.4, -0.2) is 68.6 Å². The van der Waals surface area contributed by atoms with Crippen LogP contribution in [-0.2, 0) is 11.2 Å². The first kappa shape index (κ1) is 24.6. The van der Waals surface area contributed by atoms with Gasteiger partial charge in [-0.05, 0) is 80.2 Å². The summed E-state index contributed by atoms with van der Waals surface area (Å²) in [6, 6.07) is 11.1. The third-order valence-corrected chi connectivity index (χ3v) is 7.96. The summed E-state index contributed by atoms with van der Waals surface area (Å²) in [5.74, 6) is 0.765. The maximum atomic E-state index is 13.8. The van der Waals surface area contributed by atoms with Gasteiger partial charge >= 0.3 is 0 Å². The highest BCUT2D eigenvalue weighted by Crippen LogP contribution is 2.48. The molecule has 2 aromatic rings. The molecule has 0 unspecified atom stereocenters. The molecule has 7 heteroatoms. The SMILES string of the molecule is COc1cc2c(cc1OC)[C@H]1[C@H](C(=O)NCCCN3CCCCCC3)c3ccccc3C(=O)N1CC2. The van der Waals surface area contributed by atoms with Gasteiger partial charge in [-0.2, -0.15) is 0 Å². The molecule has 2 amide bonds. The molecule has 0 spiro atoms. The van der Waals surface area contributed by atoms with Crippen LogP contribution in [0.15, 0.2) is 36.4 Å². The van der Waals surface area contributed by atoms with Crippen molar-refractivity contribution in [2.75, 3.05) is 46.9 Å². The van der Waals surface area contributed by atoms with Crippen LogP contribution >= 0.6 is 0 Å². The fraction of sp³-hybridized carbons (Fsp3) is 0.517. The van der Waals surface area contributed by atoms with E-state index in [1.165, 1.54) is 25.7 Å². The topological polar surface area (TPSA) is 71.1 Å². The van der Waals surface area contributed by atoms with E-state index in [9.17, 15) is 9.59 Å². The van der Waals surface area contributed by atoms with Crippen molar-refractivity contribution in [2.45, 2.75) is 50.5 Å². The fourth-order valence-corrected chi connectivity index (χ4v) is 6.12. The lowest BCUT2D eigenvalue weighted by Gasteiger charge is -2.45. The van der Waals surface area contributed by atoms with Crippen molar-refractivity contribution in [2.24, 2.45) is 0 Å². The highest BCUT2D eigenvalue weighted by molar-refractivity contribution is 6.01. The minimum atomic E-state index is -0.478. The number of fused-ring (bicyclic) bond motifs is 4. The van der Waals surface area contributed by atoms with Crippen LogP contribution < -0.4 is 14.8 Å². The van der Waals surface area contributed by atoms with Gasteiger partial charge in [0.05, 0.1) is 26.2 Å². The van der Waals surface area contributed by atoms with Crippen LogP contribution in [0.4, 0.5) is 0 Å². The van der Waals surface area contributed by atoms with Crippen molar-refractivity contribution in [1.29, 1.82) is 0 Å². The lowest BCUT2D eigenvalue weighted by atomic mass is 9.75. The molecule has 1 fully saturated rings. The number of carbonyl (C=O) groups excluding carboxylic acids is 2. The van der Waals surface area contributed by atoms with Gasteiger partial charge in [-0.1, -0.05) is 31.0 Å². The molecule has 1 saturated heterocycles. The fourth-order valence-electron chi connectivity index (χ4n) is 6.12. The molecule has 1 N–H and O–H groups in total. The standard InChI is InChI=1S/C29H37N3O4/c1-35-24-18-20-12-17-32-27(23(20)19-25(24)36-2)26(21-10-5-6-11-22(21)29(32)34)28(33)30-13-9-16-31-14-7-3-4-8-15-31/h5-6,10-11,18-19,26-27H,3-4,7-9,12-17H2,1-2H3,(H,30,33)/t26-,27+/m1/s1. The Labute approximate surface area is 213 Å². The number of amides is 2. The minimum Gasteiger partial charge on any atom is -0.493 e. The maximum absolute atomic E-state index is 13.8. The Morgan fingerprint density at radius 3 is 2.44 bits per heavy atom. The second kappa shape index (κ2) is 10.9. The number of rotatable bonds is 7. The monoisotopic (exact) mass is 491 g/mol. The third-order valence-electron chi connectivity index (χ3n) is 7.96. The lowest BCUT2D eigenvalue weighted by Crippen LogP contribution is -2.50. The van der Waals surface area contributed by atoms with E-state index in [1.54, 1.807) is 14.2 Å². The Kier molecular flexibility index (Phi) is 7.46. The van der Waals surface area contributed by atoms with Crippen LogP contribution in [0.1, 0.15) is 71.1 Å². The van der Waals surface area contributed by atoms with E-state index in [-0.39, 0.29) is 17.9 Å². The first-order valence-electron chi connectivity index (χ1n) is 13.3. The van der Waals surface area contributed by atoms with Gasteiger partial charge in [0.2, 0.25) is 5.91 Å². The van der Waals surface area contributed by atoms with Gasteiger partial charge in [0.1, 0.15) is 0 Å². The average molecular weight is 492 g/mol. The zero-order valence-electron chi connectivity index (χ0n) is 21.4. The molecular formula is C29H37N3O4. The summed E-state index contributed by atoms with van der Waals surface area (Å²) in [5, 5.41) is 3.22. The molecule has 192 valence electrons. The third kappa shape index (κ3) is 4.69. The first-order valence-corrected chi connectivity index (χ1v) is 13.3. The Balaban J connectivity index is 1.41. The first-order chi connectivity index (χ1) is 17.6. The van der Waals surface area contributed by atoms with E-state index in [0.717, 1.165) is 42.7 Å². The number of hydrogen-bond acceptors (Lipinski definition) is 5. The average Bonchev–Trinajstić information content (AvgIpc) is 3.19. The van der Waals surface area contributed by atoms with Gasteiger partial charge in [0.25, 0.3) is 5.91 Å². The van der Waals surface area contributed by atoms with Crippen molar-refractivity contribution >= 4 is 11.8 Å². The van der Waals surface area contributed by atoms with E-state index in [1.807, 2.05) is 41.3 Å². The molecule has 2 atom stereocenters. The predicted molar refractivity (Wildman–Crippen MR) is 139 cm³/mol. The predicted octanol–water partition coefficient (Wildman–Crippen LogP) is 3.92. The van der Waals surface area contributed by atoms with Gasteiger partial charge in [-0.25, -0.2) is 0 Å². The molecule has 5 rings (SSSR count). The molecule has 0 saturated carbocycles. The molecule has 0 aliphatic carbocycles. The number of methoxy groups -OCH3 is 2. The molecule has 3 aliphatic heterocycles. The van der Waals surface area contributed by atoms with E-state index in [0.29, 0.717) is 36.6 Å². The van der Waals surface area contributed by atoms with E-state index in [4.69, 9.17) is 9.47 Å². The van der Waals surface area contributed by atoms with Crippen molar-refractivity contribution in [3.05, 3.63) is 58.7 Å². The Morgan fingerprint density at radius 1 is 0.972 bits per heavy atom. The van der Waals surface area contributed by atoms with E-state index < -0.39 is 5.92 Å². The molecule has 36 heavy (non-hydrogen) atoms. The van der Waals surface area contributed by atoms with Gasteiger partial charge in [0.15, 0.2) is 11.5 Å². The Morgan fingerprint density at radius 2 is 1.69 bits per heavy atom. The molecule has 0 bridgehead atoms. The zero-order chi connectivity index (χ0) is 25.1. The molecule has 3 heterocycles. The molecule has 2 aromatic carbocycles. The number of nitrogens with one attached hydrogen (secondary N) is 1. The second-order valence-electron chi connectivity index (χ2n) is 10.1. The Hall–Kier alpha value is -3.06. The largest absolute Gasteiger partial charge is 0.493 e. The lowest BCUT2D eigenvalue weighted by molar-refractivity contribution is -0.124. The van der Waals surface area contributed by atoms with Crippen LogP contribution in [0.25, 0.3) is 0 Å². The number of carbonyl (C=O) groups is 2. The van der Waals surface area contributed by atoms with Crippen molar-refractivity contribution in [3.63, 3.8) is 0 Å². The van der Waals surface area contributed by atoms with Crippen LogP contribution in [0.3, 0.4) is 0 Å². The normalized spacial score (nSPS) is 21.6. The summed E-state index contributed by atoms with van der Waals surface area (Å²) in [5.41, 5.74) is 3.49.